The molecule has 0 unspecified atom stereocenters. The zero-order valence-electron chi connectivity index (χ0n) is 11.2. The lowest BCUT2D eigenvalue weighted by Crippen LogP contribution is -2.46. The highest BCUT2D eigenvalue weighted by atomic mass is 16.3. The van der Waals surface area contributed by atoms with Gasteiger partial charge < -0.3 is 10.2 Å². The van der Waals surface area contributed by atoms with Crippen LogP contribution in [0.1, 0.15) is 29.9 Å². The monoisotopic (exact) mass is 249 g/mol. The fraction of sp³-hybridized carbons (Fsp3) is 0.714. The van der Waals surface area contributed by atoms with E-state index in [1.165, 1.54) is 25.9 Å². The molecule has 4 heteroatoms. The Kier molecular flexibility index (Phi) is 3.41. The van der Waals surface area contributed by atoms with Gasteiger partial charge in [0.05, 0.1) is 6.54 Å². The molecule has 100 valence electrons. The van der Waals surface area contributed by atoms with E-state index in [2.05, 4.69) is 15.9 Å². The molecule has 3 rings (SSSR count). The van der Waals surface area contributed by atoms with Crippen molar-refractivity contribution in [2.45, 2.75) is 38.9 Å². The van der Waals surface area contributed by atoms with E-state index in [4.69, 9.17) is 10.2 Å². The van der Waals surface area contributed by atoms with Gasteiger partial charge >= 0.3 is 0 Å². The Morgan fingerprint density at radius 3 is 2.56 bits per heavy atom. The second-order valence-electron chi connectivity index (χ2n) is 5.54. The summed E-state index contributed by atoms with van der Waals surface area (Å²) < 4.78 is 5.76. The summed E-state index contributed by atoms with van der Waals surface area (Å²) in [7, 11) is 0. The van der Waals surface area contributed by atoms with Gasteiger partial charge in [0.2, 0.25) is 0 Å². The Hall–Kier alpha value is -0.840. The highest BCUT2D eigenvalue weighted by Crippen LogP contribution is 2.27. The first-order valence-electron chi connectivity index (χ1n) is 7.01. The molecule has 0 atom stereocenters. The van der Waals surface area contributed by atoms with Crippen LogP contribution in [-0.4, -0.2) is 42.0 Å². The molecule has 4 nitrogen and oxygen atoms in total. The fourth-order valence-corrected chi connectivity index (χ4v) is 2.81. The number of hydrogen-bond acceptors (Lipinski definition) is 4. The van der Waals surface area contributed by atoms with Crippen LogP contribution in [0, 0.1) is 6.92 Å². The minimum Gasteiger partial charge on any atom is -0.465 e. The van der Waals surface area contributed by atoms with Gasteiger partial charge in [0.15, 0.2) is 0 Å². The number of hydrogen-bond donors (Lipinski definition) is 1. The summed E-state index contributed by atoms with van der Waals surface area (Å²) in [6.45, 7) is 8.26. The third-order valence-corrected chi connectivity index (χ3v) is 4.14. The van der Waals surface area contributed by atoms with E-state index >= 15 is 0 Å². The van der Waals surface area contributed by atoms with Crippen molar-refractivity contribution >= 4 is 0 Å². The van der Waals surface area contributed by atoms with E-state index in [1.807, 2.05) is 6.92 Å². The molecule has 1 aliphatic carbocycles. The van der Waals surface area contributed by atoms with Crippen molar-refractivity contribution in [3.8, 4) is 0 Å². The quantitative estimate of drug-likeness (QED) is 0.874. The molecule has 1 aromatic heterocycles. The maximum absolute atomic E-state index is 5.76. The first kappa shape index (κ1) is 12.2. The lowest BCUT2D eigenvalue weighted by Gasteiger charge is -2.34. The first-order chi connectivity index (χ1) is 8.76. The lowest BCUT2D eigenvalue weighted by atomic mass is 10.2. The highest BCUT2D eigenvalue weighted by molar-refractivity contribution is 5.20. The van der Waals surface area contributed by atoms with E-state index in [-0.39, 0.29) is 0 Å². The van der Waals surface area contributed by atoms with Crippen molar-refractivity contribution in [2.24, 2.45) is 5.73 Å². The number of furan rings is 1. The Balaban J connectivity index is 1.53. The third kappa shape index (κ3) is 2.60. The van der Waals surface area contributed by atoms with Gasteiger partial charge in [0, 0.05) is 44.3 Å². The second kappa shape index (κ2) is 5.03. The molecule has 1 saturated carbocycles. The van der Waals surface area contributed by atoms with Crippen LogP contribution in [0.15, 0.2) is 10.5 Å². The average Bonchev–Trinajstić information content (AvgIpc) is 3.15. The SMILES string of the molecule is Cc1oc(CN2CCN(C3CC3)CC2)cc1CN. The number of nitrogens with two attached hydrogens (primary N) is 1. The molecule has 2 heterocycles. The minimum absolute atomic E-state index is 0.574. The van der Waals surface area contributed by atoms with E-state index in [0.717, 1.165) is 42.8 Å². The van der Waals surface area contributed by atoms with Gasteiger partial charge in [-0.3, -0.25) is 9.80 Å². The Labute approximate surface area is 109 Å². The van der Waals surface area contributed by atoms with Crippen LogP contribution < -0.4 is 5.73 Å². The molecular weight excluding hydrogens is 226 g/mol. The zero-order valence-corrected chi connectivity index (χ0v) is 11.2. The van der Waals surface area contributed by atoms with Crippen LogP contribution in [-0.2, 0) is 13.1 Å². The van der Waals surface area contributed by atoms with E-state index < -0.39 is 0 Å². The molecule has 1 aliphatic heterocycles. The van der Waals surface area contributed by atoms with Crippen molar-refractivity contribution in [3.05, 3.63) is 23.2 Å². The van der Waals surface area contributed by atoms with E-state index in [1.54, 1.807) is 0 Å². The maximum Gasteiger partial charge on any atom is 0.118 e. The van der Waals surface area contributed by atoms with Crippen LogP contribution in [0.2, 0.25) is 0 Å². The smallest absolute Gasteiger partial charge is 0.118 e. The molecule has 1 saturated heterocycles. The van der Waals surface area contributed by atoms with Crippen molar-refractivity contribution in [1.82, 2.24) is 9.80 Å². The van der Waals surface area contributed by atoms with Gasteiger partial charge in [-0.2, -0.15) is 0 Å². The van der Waals surface area contributed by atoms with Gasteiger partial charge in [-0.05, 0) is 25.8 Å². The Morgan fingerprint density at radius 1 is 1.28 bits per heavy atom. The number of nitrogens with zero attached hydrogens (tertiary/aromatic N) is 2. The predicted molar refractivity (Wildman–Crippen MR) is 71.2 cm³/mol. The third-order valence-electron chi connectivity index (χ3n) is 4.14. The summed E-state index contributed by atoms with van der Waals surface area (Å²) in [5, 5.41) is 0. The van der Waals surface area contributed by atoms with Crippen molar-refractivity contribution in [3.63, 3.8) is 0 Å². The summed E-state index contributed by atoms with van der Waals surface area (Å²) in [6, 6.07) is 3.02. The van der Waals surface area contributed by atoms with Crippen LogP contribution in [0.25, 0.3) is 0 Å². The van der Waals surface area contributed by atoms with Crippen molar-refractivity contribution in [2.75, 3.05) is 26.2 Å². The topological polar surface area (TPSA) is 45.6 Å². The standard InChI is InChI=1S/C14H23N3O/c1-11-12(9-15)8-14(18-11)10-16-4-6-17(7-5-16)13-2-3-13/h8,13H,2-7,9-10,15H2,1H3. The fourth-order valence-electron chi connectivity index (χ4n) is 2.81. The molecule has 18 heavy (non-hydrogen) atoms. The molecule has 2 N–H and O–H groups in total. The van der Waals surface area contributed by atoms with Gasteiger partial charge in [-0.1, -0.05) is 0 Å². The van der Waals surface area contributed by atoms with Gasteiger partial charge in [-0.25, -0.2) is 0 Å². The summed E-state index contributed by atoms with van der Waals surface area (Å²) in [4.78, 5) is 5.12. The predicted octanol–water partition coefficient (Wildman–Crippen LogP) is 1.33. The van der Waals surface area contributed by atoms with Crippen LogP contribution in [0.4, 0.5) is 0 Å². The molecule has 2 aliphatic rings. The summed E-state index contributed by atoms with van der Waals surface area (Å²) in [6.07, 6.45) is 2.83. The second-order valence-corrected chi connectivity index (χ2v) is 5.54. The van der Waals surface area contributed by atoms with E-state index in [0.29, 0.717) is 6.54 Å². The van der Waals surface area contributed by atoms with Crippen LogP contribution in [0.5, 0.6) is 0 Å². The van der Waals surface area contributed by atoms with E-state index in [9.17, 15) is 0 Å². The molecule has 1 aromatic rings. The largest absolute Gasteiger partial charge is 0.465 e. The van der Waals surface area contributed by atoms with Crippen LogP contribution in [0.3, 0.4) is 0 Å². The van der Waals surface area contributed by atoms with Crippen LogP contribution >= 0.6 is 0 Å². The summed E-state index contributed by atoms with van der Waals surface area (Å²) >= 11 is 0. The summed E-state index contributed by atoms with van der Waals surface area (Å²) in [5.41, 5.74) is 6.82. The Morgan fingerprint density at radius 2 is 2.00 bits per heavy atom. The lowest BCUT2D eigenvalue weighted by molar-refractivity contribution is 0.115. The number of aryl methyl sites for hydroxylation is 1. The molecule has 0 spiro atoms. The number of piperazine rings is 1. The Bertz CT molecular complexity index is 403. The van der Waals surface area contributed by atoms with Gasteiger partial charge in [-0.15, -0.1) is 0 Å². The number of rotatable bonds is 4. The zero-order chi connectivity index (χ0) is 12.5. The average molecular weight is 249 g/mol. The molecule has 0 radical (unpaired) electrons. The molecular formula is C14H23N3O. The molecule has 0 bridgehead atoms. The normalized spacial score (nSPS) is 22.6. The summed E-state index contributed by atoms with van der Waals surface area (Å²) in [5.74, 6) is 2.04. The van der Waals surface area contributed by atoms with Gasteiger partial charge in [0.1, 0.15) is 11.5 Å². The molecule has 0 aromatic carbocycles. The van der Waals surface area contributed by atoms with Crippen molar-refractivity contribution < 1.29 is 4.42 Å². The van der Waals surface area contributed by atoms with Gasteiger partial charge in [0.25, 0.3) is 0 Å². The maximum atomic E-state index is 5.76. The first-order valence-corrected chi connectivity index (χ1v) is 7.01. The van der Waals surface area contributed by atoms with Crippen molar-refractivity contribution in [1.29, 1.82) is 0 Å². The minimum atomic E-state index is 0.574. The molecule has 2 fully saturated rings. The molecule has 0 amide bonds. The highest BCUT2D eigenvalue weighted by Gasteiger charge is 2.31.